The third-order valence-electron chi connectivity index (χ3n) is 3.22. The van der Waals surface area contributed by atoms with Crippen LogP contribution >= 0.6 is 0 Å². The zero-order chi connectivity index (χ0) is 12.6. The molecular formula is C15H21N2+. The number of rotatable bonds is 2. The smallest absolute Gasteiger partial charge is 0.205 e. The standard InChI is InChI=1S/C15H21N2/c1-10(2)14-9-12-7-5-6-8-13(12)15(11(3)4)17(14)16/h5-11H,16H2,1-4H3/q+1. The average Bonchev–Trinajstić information content (AvgIpc) is 2.27. The second-order valence-corrected chi connectivity index (χ2v) is 5.22. The summed E-state index contributed by atoms with van der Waals surface area (Å²) in [6.07, 6.45) is 0. The maximum atomic E-state index is 6.27. The second kappa shape index (κ2) is 4.36. The number of fused-ring (bicyclic) bond motifs is 1. The quantitative estimate of drug-likeness (QED) is 0.622. The van der Waals surface area contributed by atoms with E-state index in [2.05, 4.69) is 58.0 Å². The molecule has 2 N–H and O–H groups in total. The van der Waals surface area contributed by atoms with Crippen LogP contribution in [0.2, 0.25) is 0 Å². The van der Waals surface area contributed by atoms with Gasteiger partial charge in [0.2, 0.25) is 11.4 Å². The number of nitrogen functional groups attached to an aromatic ring is 1. The number of hydrogen-bond donors (Lipinski definition) is 1. The van der Waals surface area contributed by atoms with E-state index in [0.29, 0.717) is 11.8 Å². The van der Waals surface area contributed by atoms with Crippen molar-refractivity contribution in [2.24, 2.45) is 0 Å². The first kappa shape index (κ1) is 11.9. The molecule has 0 aliphatic carbocycles. The van der Waals surface area contributed by atoms with Gasteiger partial charge in [0.15, 0.2) is 0 Å². The van der Waals surface area contributed by atoms with E-state index in [1.807, 2.05) is 4.68 Å². The highest BCUT2D eigenvalue weighted by Crippen LogP contribution is 2.24. The third kappa shape index (κ3) is 1.99. The van der Waals surface area contributed by atoms with Gasteiger partial charge in [0.25, 0.3) is 0 Å². The monoisotopic (exact) mass is 229 g/mol. The van der Waals surface area contributed by atoms with E-state index >= 15 is 0 Å². The van der Waals surface area contributed by atoms with Crippen LogP contribution in [-0.2, 0) is 0 Å². The van der Waals surface area contributed by atoms with Crippen molar-refractivity contribution < 1.29 is 4.68 Å². The van der Waals surface area contributed by atoms with Gasteiger partial charge < -0.3 is 0 Å². The van der Waals surface area contributed by atoms with Gasteiger partial charge in [-0.2, -0.15) is 0 Å². The van der Waals surface area contributed by atoms with Crippen molar-refractivity contribution in [2.45, 2.75) is 39.5 Å². The van der Waals surface area contributed by atoms with Crippen LogP contribution in [0.5, 0.6) is 0 Å². The predicted octanol–water partition coefficient (Wildman–Crippen LogP) is 3.09. The summed E-state index contributed by atoms with van der Waals surface area (Å²) < 4.78 is 1.87. The van der Waals surface area contributed by atoms with Crippen LogP contribution in [0.3, 0.4) is 0 Å². The number of pyridine rings is 1. The lowest BCUT2D eigenvalue weighted by Crippen LogP contribution is -2.52. The van der Waals surface area contributed by atoms with Crippen LogP contribution in [0, 0.1) is 0 Å². The van der Waals surface area contributed by atoms with Crippen LogP contribution in [-0.4, -0.2) is 0 Å². The molecule has 2 nitrogen and oxygen atoms in total. The summed E-state index contributed by atoms with van der Waals surface area (Å²) in [6, 6.07) is 10.7. The zero-order valence-corrected chi connectivity index (χ0v) is 11.1. The van der Waals surface area contributed by atoms with Crippen molar-refractivity contribution in [2.75, 3.05) is 5.84 Å². The van der Waals surface area contributed by atoms with Gasteiger partial charge in [-0.3, -0.25) is 0 Å². The highest BCUT2D eigenvalue weighted by molar-refractivity contribution is 5.84. The Hall–Kier alpha value is -1.57. The van der Waals surface area contributed by atoms with Gasteiger partial charge in [-0.25, -0.2) is 5.84 Å². The lowest BCUT2D eigenvalue weighted by Gasteiger charge is -2.11. The van der Waals surface area contributed by atoms with Gasteiger partial charge in [-0.1, -0.05) is 50.6 Å². The molecule has 0 unspecified atom stereocenters. The number of benzene rings is 1. The molecule has 2 rings (SSSR count). The molecule has 0 bridgehead atoms. The summed E-state index contributed by atoms with van der Waals surface area (Å²) in [5.41, 5.74) is 2.40. The Kier molecular flexibility index (Phi) is 3.05. The van der Waals surface area contributed by atoms with Gasteiger partial charge in [0.1, 0.15) is 0 Å². The molecule has 0 spiro atoms. The first-order valence-electron chi connectivity index (χ1n) is 6.25. The Morgan fingerprint density at radius 1 is 1.00 bits per heavy atom. The van der Waals surface area contributed by atoms with Crippen LogP contribution < -0.4 is 10.5 Å². The van der Waals surface area contributed by atoms with E-state index in [-0.39, 0.29) is 0 Å². The lowest BCUT2D eigenvalue weighted by molar-refractivity contribution is -0.655. The summed E-state index contributed by atoms with van der Waals surface area (Å²) in [7, 11) is 0. The summed E-state index contributed by atoms with van der Waals surface area (Å²) in [6.45, 7) is 8.74. The fourth-order valence-electron chi connectivity index (χ4n) is 2.39. The largest absolute Gasteiger partial charge is 0.221 e. The van der Waals surface area contributed by atoms with Gasteiger partial charge in [0.05, 0.1) is 5.39 Å². The van der Waals surface area contributed by atoms with Gasteiger partial charge in [-0.05, 0) is 11.5 Å². The Bertz CT molecular complexity index is 542. The van der Waals surface area contributed by atoms with Gasteiger partial charge in [-0.15, -0.1) is 0 Å². The van der Waals surface area contributed by atoms with Crippen LogP contribution in [0.25, 0.3) is 10.8 Å². The molecule has 0 saturated heterocycles. The molecule has 1 aromatic carbocycles. The maximum Gasteiger partial charge on any atom is 0.221 e. The van der Waals surface area contributed by atoms with Gasteiger partial charge in [0, 0.05) is 17.9 Å². The van der Waals surface area contributed by atoms with Crippen molar-refractivity contribution in [3.05, 3.63) is 41.7 Å². The van der Waals surface area contributed by atoms with E-state index in [1.165, 1.54) is 22.2 Å². The Labute approximate surface area is 103 Å². The summed E-state index contributed by atoms with van der Waals surface area (Å²) in [5.74, 6) is 7.12. The zero-order valence-electron chi connectivity index (χ0n) is 11.1. The molecule has 90 valence electrons. The number of nitrogens with zero attached hydrogens (tertiary/aromatic N) is 1. The molecule has 0 saturated carbocycles. The molecular weight excluding hydrogens is 208 g/mol. The molecule has 0 amide bonds. The topological polar surface area (TPSA) is 29.9 Å². The Morgan fingerprint density at radius 3 is 2.24 bits per heavy atom. The van der Waals surface area contributed by atoms with Crippen LogP contribution in [0.1, 0.15) is 50.9 Å². The predicted molar refractivity (Wildman–Crippen MR) is 72.5 cm³/mol. The van der Waals surface area contributed by atoms with Gasteiger partial charge >= 0.3 is 0 Å². The first-order chi connectivity index (χ1) is 8.02. The lowest BCUT2D eigenvalue weighted by atomic mass is 9.98. The molecule has 2 aromatic rings. The minimum atomic E-state index is 0.420. The number of aromatic nitrogens is 1. The Balaban J connectivity index is 2.85. The normalized spacial score (nSPS) is 11.6. The molecule has 0 aliphatic heterocycles. The minimum Gasteiger partial charge on any atom is -0.205 e. The molecule has 0 atom stereocenters. The second-order valence-electron chi connectivity index (χ2n) is 5.22. The summed E-state index contributed by atoms with van der Waals surface area (Å²) in [4.78, 5) is 0. The van der Waals surface area contributed by atoms with E-state index < -0.39 is 0 Å². The van der Waals surface area contributed by atoms with Crippen LogP contribution in [0.4, 0.5) is 0 Å². The maximum absolute atomic E-state index is 6.27. The molecule has 17 heavy (non-hydrogen) atoms. The van der Waals surface area contributed by atoms with Crippen molar-refractivity contribution >= 4 is 10.8 Å². The molecule has 0 aliphatic rings. The molecule has 1 heterocycles. The van der Waals surface area contributed by atoms with E-state index in [0.717, 1.165) is 0 Å². The van der Waals surface area contributed by atoms with Crippen LogP contribution in [0.15, 0.2) is 30.3 Å². The fourth-order valence-corrected chi connectivity index (χ4v) is 2.39. The molecule has 2 heteroatoms. The summed E-state index contributed by atoms with van der Waals surface area (Å²) in [5, 5.41) is 2.54. The highest BCUT2D eigenvalue weighted by atomic mass is 15.3. The van der Waals surface area contributed by atoms with Crippen molar-refractivity contribution in [3.8, 4) is 0 Å². The SMILES string of the molecule is CC(C)c1cc2ccccc2c(C(C)C)[n+]1N. The third-order valence-corrected chi connectivity index (χ3v) is 3.22. The van der Waals surface area contributed by atoms with Crippen molar-refractivity contribution in [3.63, 3.8) is 0 Å². The summed E-state index contributed by atoms with van der Waals surface area (Å²) >= 11 is 0. The fraction of sp³-hybridized carbons (Fsp3) is 0.400. The van der Waals surface area contributed by atoms with E-state index in [9.17, 15) is 0 Å². The number of nitrogens with two attached hydrogens (primary N) is 1. The average molecular weight is 229 g/mol. The van der Waals surface area contributed by atoms with E-state index in [1.54, 1.807) is 0 Å². The van der Waals surface area contributed by atoms with Crippen molar-refractivity contribution in [1.29, 1.82) is 0 Å². The van der Waals surface area contributed by atoms with E-state index in [4.69, 9.17) is 5.84 Å². The molecule has 0 fully saturated rings. The molecule has 0 radical (unpaired) electrons. The highest BCUT2D eigenvalue weighted by Gasteiger charge is 2.23. The molecule has 1 aromatic heterocycles. The Morgan fingerprint density at radius 2 is 1.65 bits per heavy atom. The first-order valence-corrected chi connectivity index (χ1v) is 6.25. The number of hydrogen-bond acceptors (Lipinski definition) is 1. The van der Waals surface area contributed by atoms with Crippen molar-refractivity contribution in [1.82, 2.24) is 0 Å². The minimum absolute atomic E-state index is 0.420.